The molecule has 0 aromatic rings. The van der Waals surface area contributed by atoms with Crippen LogP contribution in [-0.4, -0.2) is 30.2 Å². The second-order valence-electron chi connectivity index (χ2n) is 6.53. The number of ether oxygens (including phenoxy) is 1. The molecule has 1 heterocycles. The SMILES string of the molecule is ClC(CNCC1CCC2(CCCCC2)O1)C1CC1. The van der Waals surface area contributed by atoms with Crippen molar-refractivity contribution in [1.82, 2.24) is 5.32 Å². The highest BCUT2D eigenvalue weighted by atomic mass is 35.5. The summed E-state index contributed by atoms with van der Waals surface area (Å²) in [5.41, 5.74) is 0.265. The number of halogens is 1. The molecule has 18 heavy (non-hydrogen) atoms. The van der Waals surface area contributed by atoms with E-state index < -0.39 is 0 Å². The van der Waals surface area contributed by atoms with Crippen LogP contribution >= 0.6 is 11.6 Å². The minimum atomic E-state index is 0.265. The van der Waals surface area contributed by atoms with E-state index in [0.29, 0.717) is 11.5 Å². The van der Waals surface area contributed by atoms with Crippen LogP contribution in [0.25, 0.3) is 0 Å². The van der Waals surface area contributed by atoms with Crippen molar-refractivity contribution in [3.05, 3.63) is 0 Å². The first kappa shape index (κ1) is 13.2. The van der Waals surface area contributed by atoms with Crippen molar-refractivity contribution in [2.75, 3.05) is 13.1 Å². The van der Waals surface area contributed by atoms with Gasteiger partial charge in [-0.3, -0.25) is 0 Å². The summed E-state index contributed by atoms with van der Waals surface area (Å²) in [5.74, 6) is 0.786. The second-order valence-corrected chi connectivity index (χ2v) is 7.09. The van der Waals surface area contributed by atoms with E-state index in [4.69, 9.17) is 16.3 Å². The first-order chi connectivity index (χ1) is 8.77. The maximum atomic E-state index is 6.34. The summed E-state index contributed by atoms with van der Waals surface area (Å²) < 4.78 is 6.34. The Labute approximate surface area is 116 Å². The number of rotatable bonds is 5. The van der Waals surface area contributed by atoms with Crippen LogP contribution < -0.4 is 5.32 Å². The predicted octanol–water partition coefficient (Wildman–Crippen LogP) is 3.48. The van der Waals surface area contributed by atoms with E-state index in [1.807, 2.05) is 0 Å². The van der Waals surface area contributed by atoms with E-state index in [-0.39, 0.29) is 5.60 Å². The predicted molar refractivity (Wildman–Crippen MR) is 75.2 cm³/mol. The van der Waals surface area contributed by atoms with Crippen molar-refractivity contribution in [3.63, 3.8) is 0 Å². The van der Waals surface area contributed by atoms with Gasteiger partial charge in [-0.1, -0.05) is 19.3 Å². The molecule has 0 aromatic heterocycles. The van der Waals surface area contributed by atoms with Crippen molar-refractivity contribution in [1.29, 1.82) is 0 Å². The molecule has 2 saturated carbocycles. The quantitative estimate of drug-likeness (QED) is 0.773. The Hall–Kier alpha value is 0.210. The normalized spacial score (nSPS) is 32.8. The summed E-state index contributed by atoms with van der Waals surface area (Å²) in [6.07, 6.45) is 12.4. The summed E-state index contributed by atoms with van der Waals surface area (Å²) >= 11 is 6.30. The minimum Gasteiger partial charge on any atom is -0.370 e. The fourth-order valence-electron chi connectivity index (χ4n) is 3.61. The molecule has 2 unspecified atom stereocenters. The molecule has 1 spiro atoms. The summed E-state index contributed by atoms with van der Waals surface area (Å²) in [6, 6.07) is 0. The van der Waals surface area contributed by atoms with Gasteiger partial charge in [0.05, 0.1) is 11.7 Å². The molecule has 1 aliphatic heterocycles. The smallest absolute Gasteiger partial charge is 0.0708 e. The highest BCUT2D eigenvalue weighted by Crippen LogP contribution is 2.41. The Balaban J connectivity index is 1.36. The van der Waals surface area contributed by atoms with E-state index in [9.17, 15) is 0 Å². The molecular formula is C15H26ClNO. The molecule has 2 atom stereocenters. The van der Waals surface area contributed by atoms with Crippen LogP contribution in [0.3, 0.4) is 0 Å². The lowest BCUT2D eigenvalue weighted by molar-refractivity contribution is -0.0622. The third-order valence-corrected chi connectivity index (χ3v) is 5.46. The van der Waals surface area contributed by atoms with Crippen molar-refractivity contribution < 1.29 is 4.74 Å². The molecule has 0 aromatic carbocycles. The minimum absolute atomic E-state index is 0.265. The van der Waals surface area contributed by atoms with Gasteiger partial charge in [-0.2, -0.15) is 0 Å². The topological polar surface area (TPSA) is 21.3 Å². The highest BCUT2D eigenvalue weighted by molar-refractivity contribution is 6.21. The van der Waals surface area contributed by atoms with Crippen LogP contribution in [-0.2, 0) is 4.74 Å². The summed E-state index contributed by atoms with van der Waals surface area (Å²) in [5, 5.41) is 3.86. The number of alkyl halides is 1. The second kappa shape index (κ2) is 5.68. The van der Waals surface area contributed by atoms with E-state index in [2.05, 4.69) is 5.32 Å². The lowest BCUT2D eigenvalue weighted by Crippen LogP contribution is -2.36. The maximum Gasteiger partial charge on any atom is 0.0708 e. The lowest BCUT2D eigenvalue weighted by atomic mass is 9.83. The van der Waals surface area contributed by atoms with Crippen LogP contribution in [0.1, 0.15) is 57.8 Å². The zero-order valence-corrected chi connectivity index (χ0v) is 12.1. The molecule has 1 saturated heterocycles. The fourth-order valence-corrected chi connectivity index (χ4v) is 3.97. The number of hydrogen-bond donors (Lipinski definition) is 1. The van der Waals surface area contributed by atoms with Gasteiger partial charge in [0.1, 0.15) is 0 Å². The summed E-state index contributed by atoms with van der Waals surface area (Å²) in [7, 11) is 0. The molecule has 0 bridgehead atoms. The molecule has 3 rings (SSSR count). The molecule has 0 radical (unpaired) electrons. The third-order valence-electron chi connectivity index (χ3n) is 4.95. The van der Waals surface area contributed by atoms with Crippen LogP contribution in [0.4, 0.5) is 0 Å². The van der Waals surface area contributed by atoms with Gasteiger partial charge in [0, 0.05) is 18.5 Å². The first-order valence-corrected chi connectivity index (χ1v) is 8.24. The summed E-state index contributed by atoms with van der Waals surface area (Å²) in [4.78, 5) is 0. The third kappa shape index (κ3) is 3.20. The molecule has 2 nitrogen and oxygen atoms in total. The molecule has 0 amide bonds. The Kier molecular flexibility index (Phi) is 4.17. The van der Waals surface area contributed by atoms with E-state index in [1.165, 1.54) is 57.8 Å². The van der Waals surface area contributed by atoms with Gasteiger partial charge in [0.2, 0.25) is 0 Å². The van der Waals surface area contributed by atoms with E-state index in [1.54, 1.807) is 0 Å². The van der Waals surface area contributed by atoms with Gasteiger partial charge in [-0.25, -0.2) is 0 Å². The average molecular weight is 272 g/mol. The molecule has 1 N–H and O–H groups in total. The van der Waals surface area contributed by atoms with Gasteiger partial charge < -0.3 is 10.1 Å². The Morgan fingerprint density at radius 2 is 1.89 bits per heavy atom. The van der Waals surface area contributed by atoms with Gasteiger partial charge >= 0.3 is 0 Å². The van der Waals surface area contributed by atoms with Crippen molar-refractivity contribution in [3.8, 4) is 0 Å². The van der Waals surface area contributed by atoms with Gasteiger partial charge in [-0.15, -0.1) is 11.6 Å². The van der Waals surface area contributed by atoms with Crippen molar-refractivity contribution in [2.24, 2.45) is 5.92 Å². The Morgan fingerprint density at radius 1 is 1.11 bits per heavy atom. The summed E-state index contributed by atoms with van der Waals surface area (Å²) in [6.45, 7) is 1.96. The zero-order valence-electron chi connectivity index (χ0n) is 11.3. The number of nitrogens with one attached hydrogen (secondary N) is 1. The fraction of sp³-hybridized carbons (Fsp3) is 1.00. The van der Waals surface area contributed by atoms with Crippen molar-refractivity contribution >= 4 is 11.6 Å². The van der Waals surface area contributed by atoms with Crippen LogP contribution in [0.5, 0.6) is 0 Å². The van der Waals surface area contributed by atoms with E-state index in [0.717, 1.165) is 19.0 Å². The van der Waals surface area contributed by atoms with Crippen LogP contribution in [0, 0.1) is 5.92 Å². The molecule has 2 aliphatic carbocycles. The molecule has 3 aliphatic rings. The monoisotopic (exact) mass is 271 g/mol. The zero-order chi connectivity index (χ0) is 12.4. The molecule has 3 heteroatoms. The van der Waals surface area contributed by atoms with Crippen molar-refractivity contribution in [2.45, 2.75) is 74.9 Å². The molecule has 3 fully saturated rings. The van der Waals surface area contributed by atoms with E-state index >= 15 is 0 Å². The van der Waals surface area contributed by atoms with Crippen LogP contribution in [0.2, 0.25) is 0 Å². The van der Waals surface area contributed by atoms with Gasteiger partial charge in [0.25, 0.3) is 0 Å². The lowest BCUT2D eigenvalue weighted by Gasteiger charge is -2.33. The molecular weight excluding hydrogens is 246 g/mol. The average Bonchev–Trinajstić information content (AvgIpc) is 3.16. The number of hydrogen-bond acceptors (Lipinski definition) is 2. The largest absolute Gasteiger partial charge is 0.370 e. The maximum absolute atomic E-state index is 6.34. The van der Waals surface area contributed by atoms with Gasteiger partial charge in [0.15, 0.2) is 0 Å². The van der Waals surface area contributed by atoms with Gasteiger partial charge in [-0.05, 0) is 44.4 Å². The molecule has 104 valence electrons. The highest BCUT2D eigenvalue weighted by Gasteiger charge is 2.40. The first-order valence-electron chi connectivity index (χ1n) is 7.80. The standard InChI is InChI=1S/C15H26ClNO/c16-14(12-4-5-12)11-17-10-13-6-9-15(18-13)7-2-1-3-8-15/h12-14,17H,1-11H2. The van der Waals surface area contributed by atoms with Crippen LogP contribution in [0.15, 0.2) is 0 Å². The Bertz CT molecular complexity index is 274. The Morgan fingerprint density at radius 3 is 2.61 bits per heavy atom.